The summed E-state index contributed by atoms with van der Waals surface area (Å²) >= 11 is 12.6. The molecule has 1 aliphatic heterocycles. The lowest BCUT2D eigenvalue weighted by molar-refractivity contribution is 0.160. The number of likely N-dealkylation sites (tertiary alicyclic amines) is 1. The number of benzene rings is 1. The Morgan fingerprint density at radius 3 is 2.82 bits per heavy atom. The van der Waals surface area contributed by atoms with E-state index in [1.807, 2.05) is 0 Å². The molecule has 0 saturated carbocycles. The van der Waals surface area contributed by atoms with Gasteiger partial charge in [0.2, 0.25) is 0 Å². The van der Waals surface area contributed by atoms with Gasteiger partial charge in [0, 0.05) is 43.3 Å². The number of halogens is 2. The molecule has 1 fully saturated rings. The van der Waals surface area contributed by atoms with Crippen molar-refractivity contribution >= 4 is 55.7 Å². The number of furan rings is 1. The Balaban J connectivity index is 1.54. The highest BCUT2D eigenvalue weighted by molar-refractivity contribution is 7.94. The van der Waals surface area contributed by atoms with E-state index in [-0.39, 0.29) is 21.4 Å². The number of hydrogen-bond donors (Lipinski definition) is 1. The molecule has 3 aromatic rings. The third kappa shape index (κ3) is 4.82. The van der Waals surface area contributed by atoms with Crippen LogP contribution >= 0.6 is 23.4 Å². The highest BCUT2D eigenvalue weighted by Crippen LogP contribution is 2.36. The van der Waals surface area contributed by atoms with Crippen LogP contribution in [0.4, 0.5) is 11.4 Å². The minimum Gasteiger partial charge on any atom is -0.462 e. The van der Waals surface area contributed by atoms with Crippen LogP contribution in [0, 0.1) is 6.92 Å². The molecule has 1 saturated heterocycles. The lowest BCUT2D eigenvalue weighted by Gasteiger charge is -2.33. The van der Waals surface area contributed by atoms with Gasteiger partial charge in [-0.3, -0.25) is 4.68 Å². The molecule has 0 aliphatic carbocycles. The zero-order valence-electron chi connectivity index (χ0n) is 19.0. The Labute approximate surface area is 204 Å². The van der Waals surface area contributed by atoms with E-state index in [1.165, 1.54) is 23.9 Å². The van der Waals surface area contributed by atoms with Gasteiger partial charge in [0.25, 0.3) is 10.0 Å². The first-order valence-electron chi connectivity index (χ1n) is 11.1. The van der Waals surface area contributed by atoms with Crippen LogP contribution in [0.3, 0.4) is 0 Å². The second kappa shape index (κ2) is 9.74. The number of fused-ring (bicyclic) bond motifs is 1. The summed E-state index contributed by atoms with van der Waals surface area (Å²) in [6.45, 7) is 6.76. The van der Waals surface area contributed by atoms with Crippen LogP contribution in [-0.2, 0) is 17.1 Å². The molecule has 8 nitrogen and oxygen atoms in total. The zero-order valence-corrected chi connectivity index (χ0v) is 21.3. The Bertz CT molecular complexity index is 1240. The highest BCUT2D eigenvalue weighted by Gasteiger charge is 2.32. The summed E-state index contributed by atoms with van der Waals surface area (Å²) in [4.78, 5) is 2.41. The van der Waals surface area contributed by atoms with Crippen LogP contribution in [0.1, 0.15) is 38.3 Å². The van der Waals surface area contributed by atoms with Crippen molar-refractivity contribution in [2.75, 3.05) is 28.8 Å². The summed E-state index contributed by atoms with van der Waals surface area (Å²) in [5, 5.41) is 8.25. The maximum Gasteiger partial charge on any atom is 0.283 e. The number of piperidine rings is 1. The number of rotatable bonds is 8. The Morgan fingerprint density at radius 1 is 1.33 bits per heavy atom. The second-order valence-corrected chi connectivity index (χ2v) is 11.2. The van der Waals surface area contributed by atoms with Crippen molar-refractivity contribution in [1.29, 1.82) is 0 Å². The van der Waals surface area contributed by atoms with Gasteiger partial charge in [-0.05, 0) is 57.9 Å². The molecule has 4 rings (SSSR count). The van der Waals surface area contributed by atoms with Crippen LogP contribution in [0.2, 0.25) is 5.15 Å². The van der Waals surface area contributed by atoms with Gasteiger partial charge in [-0.1, -0.05) is 18.0 Å². The van der Waals surface area contributed by atoms with Gasteiger partial charge in [-0.15, -0.1) is 0 Å². The molecule has 0 bridgehead atoms. The van der Waals surface area contributed by atoms with Crippen LogP contribution in [-0.4, -0.2) is 48.8 Å². The van der Waals surface area contributed by atoms with Gasteiger partial charge in [0.15, 0.2) is 5.58 Å². The number of nitrogens with one attached hydrogen (secondary N) is 1. The molecule has 1 aliphatic rings. The Morgan fingerprint density at radius 2 is 2.12 bits per heavy atom. The van der Waals surface area contributed by atoms with E-state index in [4.69, 9.17) is 27.8 Å². The molecule has 3 heterocycles. The number of sulfonamides is 1. The fourth-order valence-corrected chi connectivity index (χ4v) is 6.49. The van der Waals surface area contributed by atoms with Gasteiger partial charge in [0.1, 0.15) is 10.0 Å². The van der Waals surface area contributed by atoms with Gasteiger partial charge in [-0.25, -0.2) is 0 Å². The molecule has 1 aromatic carbocycles. The minimum absolute atomic E-state index is 0.00725. The maximum atomic E-state index is 13.2. The van der Waals surface area contributed by atoms with Crippen LogP contribution < -0.4 is 9.14 Å². The number of aryl methyl sites for hydroxylation is 2. The molecule has 1 N–H and O–H groups in total. The number of nitrogens with zero attached hydrogens (tertiary/aromatic N) is 4. The lowest BCUT2D eigenvalue weighted by Crippen LogP contribution is -2.38. The Kier molecular flexibility index (Phi) is 7.14. The van der Waals surface area contributed by atoms with Crippen molar-refractivity contribution in [2.45, 2.75) is 50.5 Å². The molecule has 180 valence electrons. The van der Waals surface area contributed by atoms with Crippen molar-refractivity contribution in [3.63, 3.8) is 0 Å². The van der Waals surface area contributed by atoms with E-state index in [9.17, 15) is 8.42 Å². The summed E-state index contributed by atoms with van der Waals surface area (Å²) in [7, 11) is -2.55. The first-order valence-corrected chi connectivity index (χ1v) is 13.2. The molecule has 0 amide bonds. The first kappa shape index (κ1) is 24.2. The largest absolute Gasteiger partial charge is 0.462 e. The molecule has 11 heteroatoms. The van der Waals surface area contributed by atoms with Crippen molar-refractivity contribution in [3.8, 4) is 0 Å². The highest BCUT2D eigenvalue weighted by atomic mass is 35.5. The first-order chi connectivity index (χ1) is 15.7. The summed E-state index contributed by atoms with van der Waals surface area (Å²) in [6.07, 6.45) is 6.35. The number of aromatic nitrogens is 2. The summed E-state index contributed by atoms with van der Waals surface area (Å²) < 4.78 is 34.2. The normalized spacial score (nSPS) is 17.5. The van der Waals surface area contributed by atoms with E-state index in [2.05, 4.69) is 22.2 Å². The number of hydrogen-bond acceptors (Lipinski definition) is 6. The van der Waals surface area contributed by atoms with E-state index in [1.54, 1.807) is 38.4 Å². The topological polar surface area (TPSA) is 83.6 Å². The molecular formula is C22H29Cl2N5O3S. The monoisotopic (exact) mass is 513 g/mol. The van der Waals surface area contributed by atoms with E-state index >= 15 is 0 Å². The predicted molar refractivity (Wildman–Crippen MR) is 133 cm³/mol. The lowest BCUT2D eigenvalue weighted by atomic mass is 10.0. The summed E-state index contributed by atoms with van der Waals surface area (Å²) in [5.74, 6) is 0. The standard InChI is InChI=1S/C22H29Cl2N5O3S/c1-15-7-4-5-10-28(15)11-6-9-25-19-14-18(13-17-8-12-32-20(17)19)29(24)33(30,31)21-16(2)26-27(3)22(21)23/h8,12-15,25H,4-7,9-11H2,1-3H3. The van der Waals surface area contributed by atoms with Crippen molar-refractivity contribution in [3.05, 3.63) is 35.3 Å². The van der Waals surface area contributed by atoms with Crippen LogP contribution in [0.15, 0.2) is 33.8 Å². The third-order valence-electron chi connectivity index (χ3n) is 6.19. The van der Waals surface area contributed by atoms with Gasteiger partial charge >= 0.3 is 0 Å². The fraction of sp³-hybridized carbons (Fsp3) is 0.500. The summed E-state index contributed by atoms with van der Waals surface area (Å²) in [6, 6.07) is 5.75. The molecule has 0 spiro atoms. The van der Waals surface area contributed by atoms with Gasteiger partial charge in [0.05, 0.1) is 23.3 Å². The molecule has 1 unspecified atom stereocenters. The van der Waals surface area contributed by atoms with E-state index < -0.39 is 10.0 Å². The third-order valence-corrected chi connectivity index (χ3v) is 9.11. The van der Waals surface area contributed by atoms with Crippen LogP contribution in [0.5, 0.6) is 0 Å². The van der Waals surface area contributed by atoms with Crippen LogP contribution in [0.25, 0.3) is 11.0 Å². The Hall–Kier alpha value is -1.94. The van der Waals surface area contributed by atoms with Crippen molar-refractivity contribution in [1.82, 2.24) is 14.7 Å². The SMILES string of the molecule is Cc1nn(C)c(Cl)c1S(=O)(=O)N(Cl)c1cc(NCCCN2CCCCC2C)c2occc2c1. The quantitative estimate of drug-likeness (QED) is 0.331. The number of anilines is 2. The van der Waals surface area contributed by atoms with E-state index in [0.717, 1.165) is 35.3 Å². The van der Waals surface area contributed by atoms with Crippen molar-refractivity contribution in [2.24, 2.45) is 7.05 Å². The molecule has 2 aromatic heterocycles. The molecule has 33 heavy (non-hydrogen) atoms. The second-order valence-electron chi connectivity index (χ2n) is 8.54. The summed E-state index contributed by atoms with van der Waals surface area (Å²) in [5.41, 5.74) is 1.91. The fourth-order valence-electron chi connectivity index (χ4n) is 4.42. The molecular weight excluding hydrogens is 485 g/mol. The van der Waals surface area contributed by atoms with Crippen molar-refractivity contribution < 1.29 is 12.8 Å². The molecule has 1 atom stereocenters. The van der Waals surface area contributed by atoms with E-state index in [0.29, 0.717) is 17.3 Å². The van der Waals surface area contributed by atoms with Gasteiger partial charge < -0.3 is 14.6 Å². The minimum atomic E-state index is -4.13. The average Bonchev–Trinajstić information content (AvgIpc) is 3.35. The smallest absolute Gasteiger partial charge is 0.283 e. The van der Waals surface area contributed by atoms with Gasteiger partial charge in [-0.2, -0.15) is 17.3 Å². The molecule has 0 radical (unpaired) electrons. The zero-order chi connectivity index (χ0) is 23.8. The maximum absolute atomic E-state index is 13.2. The predicted octanol–water partition coefficient (Wildman–Crippen LogP) is 5.15. The average molecular weight is 514 g/mol.